The number of likely N-dealkylation sites (N-methyl/N-ethyl adjacent to an activating group) is 1. The Morgan fingerprint density at radius 3 is 2.62 bits per heavy atom. The van der Waals surface area contributed by atoms with Crippen molar-refractivity contribution in [3.63, 3.8) is 0 Å². The molecule has 0 fully saturated rings. The van der Waals surface area contributed by atoms with Gasteiger partial charge in [-0.05, 0) is 29.8 Å². The van der Waals surface area contributed by atoms with Gasteiger partial charge in [0.15, 0.2) is 11.0 Å². The van der Waals surface area contributed by atoms with Crippen molar-refractivity contribution >= 4 is 29.3 Å². The van der Waals surface area contributed by atoms with Crippen molar-refractivity contribution in [2.24, 2.45) is 5.10 Å². The third-order valence-corrected chi connectivity index (χ3v) is 3.00. The maximum atomic E-state index is 8.90. The lowest BCUT2D eigenvalue weighted by molar-refractivity contribution is 0.304. The SMILES string of the molecule is CN(CCO)c1ccc(C=NNc2ccc(Cl)nn2)cc1. The van der Waals surface area contributed by atoms with Crippen LogP contribution in [-0.4, -0.2) is 41.7 Å². The molecule has 0 saturated heterocycles. The summed E-state index contributed by atoms with van der Waals surface area (Å²) in [7, 11) is 1.93. The van der Waals surface area contributed by atoms with Gasteiger partial charge in [-0.3, -0.25) is 5.43 Å². The van der Waals surface area contributed by atoms with Crippen LogP contribution in [0.5, 0.6) is 0 Å². The fourth-order valence-electron chi connectivity index (χ4n) is 1.64. The zero-order valence-corrected chi connectivity index (χ0v) is 12.3. The van der Waals surface area contributed by atoms with E-state index >= 15 is 0 Å². The first-order valence-electron chi connectivity index (χ1n) is 6.39. The molecule has 2 aromatic rings. The van der Waals surface area contributed by atoms with Gasteiger partial charge >= 0.3 is 0 Å². The normalized spacial score (nSPS) is 10.8. The van der Waals surface area contributed by atoms with Crippen molar-refractivity contribution in [2.45, 2.75) is 0 Å². The van der Waals surface area contributed by atoms with Crippen LogP contribution in [0.3, 0.4) is 0 Å². The van der Waals surface area contributed by atoms with Crippen LogP contribution in [0.2, 0.25) is 5.15 Å². The topological polar surface area (TPSA) is 73.6 Å². The molecule has 0 bridgehead atoms. The van der Waals surface area contributed by atoms with E-state index in [1.54, 1.807) is 18.3 Å². The van der Waals surface area contributed by atoms with Crippen LogP contribution >= 0.6 is 11.6 Å². The molecule has 0 amide bonds. The van der Waals surface area contributed by atoms with Gasteiger partial charge in [0.25, 0.3) is 0 Å². The van der Waals surface area contributed by atoms with E-state index in [9.17, 15) is 0 Å². The molecule has 1 aromatic heterocycles. The minimum absolute atomic E-state index is 0.131. The van der Waals surface area contributed by atoms with Crippen molar-refractivity contribution < 1.29 is 5.11 Å². The lowest BCUT2D eigenvalue weighted by Crippen LogP contribution is -2.20. The molecule has 0 atom stereocenters. The number of benzene rings is 1. The van der Waals surface area contributed by atoms with Crippen molar-refractivity contribution in [3.8, 4) is 0 Å². The average Bonchev–Trinajstić information content (AvgIpc) is 2.50. The smallest absolute Gasteiger partial charge is 0.168 e. The first-order chi connectivity index (χ1) is 10.2. The maximum Gasteiger partial charge on any atom is 0.168 e. The van der Waals surface area contributed by atoms with Crippen molar-refractivity contribution in [1.82, 2.24) is 10.2 Å². The fraction of sp³-hybridized carbons (Fsp3) is 0.214. The summed E-state index contributed by atoms with van der Waals surface area (Å²) in [6.45, 7) is 0.732. The molecule has 1 heterocycles. The number of aromatic nitrogens is 2. The molecule has 1 aromatic carbocycles. The van der Waals surface area contributed by atoms with Crippen LogP contribution in [0, 0.1) is 0 Å². The van der Waals surface area contributed by atoms with Crippen molar-refractivity contribution in [3.05, 3.63) is 47.1 Å². The Bertz CT molecular complexity index is 585. The lowest BCUT2D eigenvalue weighted by atomic mass is 10.2. The van der Waals surface area contributed by atoms with Gasteiger partial charge in [-0.2, -0.15) is 5.10 Å². The highest BCUT2D eigenvalue weighted by Gasteiger charge is 1.99. The summed E-state index contributed by atoms with van der Waals surface area (Å²) in [5.41, 5.74) is 4.76. The molecule has 0 saturated carbocycles. The second-order valence-corrected chi connectivity index (χ2v) is 4.74. The monoisotopic (exact) mass is 305 g/mol. The predicted octanol–water partition coefficient (Wildman–Crippen LogP) is 2.00. The van der Waals surface area contributed by atoms with Crippen LogP contribution < -0.4 is 10.3 Å². The van der Waals surface area contributed by atoms with E-state index in [2.05, 4.69) is 20.7 Å². The van der Waals surface area contributed by atoms with E-state index in [4.69, 9.17) is 16.7 Å². The summed E-state index contributed by atoms with van der Waals surface area (Å²) >= 11 is 5.64. The van der Waals surface area contributed by atoms with Crippen LogP contribution in [0.25, 0.3) is 0 Å². The number of aliphatic hydroxyl groups is 1. The summed E-state index contributed by atoms with van der Waals surface area (Å²) in [4.78, 5) is 1.97. The molecule has 0 unspecified atom stereocenters. The number of aliphatic hydroxyl groups excluding tert-OH is 1. The van der Waals surface area contributed by atoms with E-state index < -0.39 is 0 Å². The molecule has 0 aliphatic heterocycles. The standard InChI is InChI=1S/C14H16ClN5O/c1-20(8-9-21)12-4-2-11(3-5-12)10-16-18-14-7-6-13(15)17-19-14/h2-7,10,21H,8-9H2,1H3,(H,18,19). The van der Waals surface area contributed by atoms with Gasteiger partial charge in [0.05, 0.1) is 12.8 Å². The van der Waals surface area contributed by atoms with E-state index in [1.165, 1.54) is 0 Å². The number of rotatable bonds is 6. The Hall–Kier alpha value is -2.18. The molecule has 0 radical (unpaired) electrons. The highest BCUT2D eigenvalue weighted by atomic mass is 35.5. The zero-order valence-electron chi connectivity index (χ0n) is 11.6. The first-order valence-corrected chi connectivity index (χ1v) is 6.77. The highest BCUT2D eigenvalue weighted by Crippen LogP contribution is 2.12. The van der Waals surface area contributed by atoms with E-state index in [0.29, 0.717) is 17.5 Å². The summed E-state index contributed by atoms with van der Waals surface area (Å²) in [6.07, 6.45) is 1.69. The Labute approximate surface area is 128 Å². The van der Waals surface area contributed by atoms with Gasteiger partial charge in [-0.1, -0.05) is 23.7 Å². The Morgan fingerprint density at radius 2 is 2.00 bits per heavy atom. The number of anilines is 2. The quantitative estimate of drug-likeness (QED) is 0.631. The van der Waals surface area contributed by atoms with E-state index in [0.717, 1.165) is 11.3 Å². The number of nitrogens with one attached hydrogen (secondary N) is 1. The average molecular weight is 306 g/mol. The largest absolute Gasteiger partial charge is 0.395 e. The highest BCUT2D eigenvalue weighted by molar-refractivity contribution is 6.29. The van der Waals surface area contributed by atoms with Gasteiger partial charge in [-0.15, -0.1) is 10.2 Å². The third kappa shape index (κ3) is 4.70. The van der Waals surface area contributed by atoms with Crippen LogP contribution in [0.15, 0.2) is 41.5 Å². The minimum atomic E-state index is 0.131. The predicted molar refractivity (Wildman–Crippen MR) is 85.1 cm³/mol. The van der Waals surface area contributed by atoms with Gasteiger partial charge in [-0.25, -0.2) is 0 Å². The van der Waals surface area contributed by atoms with Crippen LogP contribution in [0.1, 0.15) is 5.56 Å². The number of hydrazone groups is 1. The lowest BCUT2D eigenvalue weighted by Gasteiger charge is -2.17. The van der Waals surface area contributed by atoms with Crippen LogP contribution in [0.4, 0.5) is 11.5 Å². The summed E-state index contributed by atoms with van der Waals surface area (Å²) in [5.74, 6) is 0.523. The Morgan fingerprint density at radius 1 is 1.24 bits per heavy atom. The number of hydrogen-bond acceptors (Lipinski definition) is 6. The molecule has 0 aliphatic rings. The van der Waals surface area contributed by atoms with Crippen LogP contribution in [-0.2, 0) is 0 Å². The first kappa shape index (κ1) is 15.2. The van der Waals surface area contributed by atoms with E-state index in [-0.39, 0.29) is 6.61 Å². The second kappa shape index (κ2) is 7.56. The second-order valence-electron chi connectivity index (χ2n) is 4.35. The van der Waals surface area contributed by atoms with Crippen molar-refractivity contribution in [2.75, 3.05) is 30.5 Å². The summed E-state index contributed by atoms with van der Waals surface area (Å²) in [5, 5.41) is 20.9. The molecule has 2 N–H and O–H groups in total. The molecule has 110 valence electrons. The van der Waals surface area contributed by atoms with Crippen molar-refractivity contribution in [1.29, 1.82) is 0 Å². The Balaban J connectivity index is 1.93. The maximum absolute atomic E-state index is 8.90. The fourth-order valence-corrected chi connectivity index (χ4v) is 1.74. The molecular weight excluding hydrogens is 290 g/mol. The zero-order chi connectivity index (χ0) is 15.1. The number of nitrogens with zero attached hydrogens (tertiary/aromatic N) is 4. The van der Waals surface area contributed by atoms with Gasteiger partial charge in [0, 0.05) is 19.3 Å². The summed E-state index contributed by atoms with van der Waals surface area (Å²) in [6, 6.07) is 11.2. The Kier molecular flexibility index (Phi) is 5.48. The van der Waals surface area contributed by atoms with Gasteiger partial charge < -0.3 is 10.0 Å². The molecule has 2 rings (SSSR count). The molecule has 21 heavy (non-hydrogen) atoms. The number of hydrogen-bond donors (Lipinski definition) is 2. The molecule has 7 heteroatoms. The molecule has 6 nitrogen and oxygen atoms in total. The molecule has 0 aliphatic carbocycles. The van der Waals surface area contributed by atoms with E-state index in [1.807, 2.05) is 36.2 Å². The summed E-state index contributed by atoms with van der Waals surface area (Å²) < 4.78 is 0. The number of halogens is 1. The molecule has 0 spiro atoms. The van der Waals surface area contributed by atoms with Gasteiger partial charge in [0.2, 0.25) is 0 Å². The third-order valence-electron chi connectivity index (χ3n) is 2.79. The molecular formula is C14H16ClN5O. The van der Waals surface area contributed by atoms with Gasteiger partial charge in [0.1, 0.15) is 0 Å². The minimum Gasteiger partial charge on any atom is -0.395 e.